The van der Waals surface area contributed by atoms with Crippen LogP contribution in [0.25, 0.3) is 0 Å². The summed E-state index contributed by atoms with van der Waals surface area (Å²) in [6.45, 7) is 1.97. The third kappa shape index (κ3) is 5.15. The van der Waals surface area contributed by atoms with Crippen molar-refractivity contribution in [2.45, 2.75) is 13.0 Å². The van der Waals surface area contributed by atoms with Gasteiger partial charge in [-0.1, -0.05) is 0 Å². The molecular weight excluding hydrogens is 212 g/mol. The first-order valence-corrected chi connectivity index (χ1v) is 4.69. The van der Waals surface area contributed by atoms with Crippen molar-refractivity contribution in [3.63, 3.8) is 0 Å². The zero-order valence-corrected chi connectivity index (χ0v) is 8.93. The summed E-state index contributed by atoms with van der Waals surface area (Å²) in [4.78, 5) is 4.12. The topological polar surface area (TPSA) is 93.4 Å². The number of ether oxygens (including phenoxy) is 1. The number of rotatable bonds is 2. The minimum absolute atomic E-state index is 0.0833. The zero-order valence-electron chi connectivity index (χ0n) is 8.18. The second-order valence-corrected chi connectivity index (χ2v) is 2.88. The molecule has 7 heteroatoms. The van der Waals surface area contributed by atoms with E-state index in [-0.39, 0.29) is 6.10 Å². The molecule has 0 saturated heterocycles. The molecule has 0 fully saturated rings. The molecule has 1 rings (SSSR count). The Labute approximate surface area is 85.2 Å². The second-order valence-electron chi connectivity index (χ2n) is 2.48. The Morgan fingerprint density at radius 1 is 1.64 bits per heavy atom. The number of halogens is 1. The van der Waals surface area contributed by atoms with Gasteiger partial charge in [-0.2, -0.15) is 0 Å². The highest BCUT2D eigenvalue weighted by Gasteiger charge is 2.06. The molecule has 0 aliphatic rings. The van der Waals surface area contributed by atoms with Crippen molar-refractivity contribution in [3.05, 3.63) is 18.2 Å². The van der Waals surface area contributed by atoms with Gasteiger partial charge in [0.1, 0.15) is 11.9 Å². The number of methoxy groups -OCH3 is 1. The predicted octanol–water partition coefficient (Wildman–Crippen LogP) is -1.81. The van der Waals surface area contributed by atoms with E-state index in [4.69, 9.17) is 18.7 Å². The van der Waals surface area contributed by atoms with E-state index in [0.717, 1.165) is 5.82 Å². The van der Waals surface area contributed by atoms with E-state index >= 15 is 0 Å². The molecule has 1 aromatic heterocycles. The lowest BCUT2D eigenvalue weighted by molar-refractivity contribution is -1.63. The number of hydrogen-bond donors (Lipinski definition) is 1. The van der Waals surface area contributed by atoms with Gasteiger partial charge in [0.2, 0.25) is 0 Å². The lowest BCUT2D eigenvalue weighted by atomic mass is 10.4. The summed E-state index contributed by atoms with van der Waals surface area (Å²) in [7, 11) is 1.03. The highest BCUT2D eigenvalue weighted by molar-refractivity contribution is 4.94. The quantitative estimate of drug-likeness (QED) is 0.639. The van der Waals surface area contributed by atoms with Crippen molar-refractivity contribution in [1.82, 2.24) is 9.55 Å². The van der Waals surface area contributed by atoms with Crippen LogP contribution in [0, 0.1) is 10.8 Å². The smallest absolute Gasteiger partial charge is 0.282 e. The van der Waals surface area contributed by atoms with Crippen LogP contribution >= 0.6 is 0 Å². The van der Waals surface area contributed by atoms with E-state index in [9.17, 15) is 0 Å². The maximum atomic E-state index is 8.52. The van der Waals surface area contributed by atoms with Crippen LogP contribution in [0.5, 0.6) is 0 Å². The second kappa shape index (κ2) is 6.74. The number of hydrogen-bond acceptors (Lipinski definition) is 5. The molecule has 1 heterocycles. The molecule has 0 aliphatic heterocycles. The minimum atomic E-state index is -2.60. The van der Waals surface area contributed by atoms with Gasteiger partial charge < -0.3 is 18.6 Å². The van der Waals surface area contributed by atoms with E-state index in [0.29, 0.717) is 0 Å². The summed E-state index contributed by atoms with van der Waals surface area (Å²) in [5, 5.41) is 0. The van der Waals surface area contributed by atoms with E-state index < -0.39 is 10.8 Å². The highest BCUT2D eigenvalue weighted by atomic mass is 35.6. The van der Waals surface area contributed by atoms with Gasteiger partial charge in [-0.15, -0.1) is 0 Å². The lowest BCUT2D eigenvalue weighted by Crippen LogP contribution is -2.30. The highest BCUT2D eigenvalue weighted by Crippen LogP contribution is 2.10. The van der Waals surface area contributed by atoms with Crippen molar-refractivity contribution in [3.8, 4) is 0 Å². The number of nitrogens with zero attached hydrogens (tertiary/aromatic N) is 2. The fourth-order valence-corrected chi connectivity index (χ4v) is 0.874. The van der Waals surface area contributed by atoms with Gasteiger partial charge >= 0.3 is 0 Å². The Balaban J connectivity index is 0.000000364. The molecule has 0 aliphatic carbocycles. The van der Waals surface area contributed by atoms with Crippen LogP contribution < -0.4 is 9.32 Å². The van der Waals surface area contributed by atoms with Gasteiger partial charge in [0.05, 0.1) is 0 Å². The van der Waals surface area contributed by atoms with Crippen LogP contribution in [0.15, 0.2) is 12.4 Å². The molecule has 1 unspecified atom stereocenters. The summed E-state index contributed by atoms with van der Waals surface area (Å²) in [5.41, 5.74) is 0. The van der Waals surface area contributed by atoms with Crippen LogP contribution in [0.1, 0.15) is 18.9 Å². The summed E-state index contributed by atoms with van der Waals surface area (Å²) in [6, 6.07) is 0. The van der Waals surface area contributed by atoms with E-state index in [1.165, 1.54) is 0 Å². The molecule has 0 bridgehead atoms. The van der Waals surface area contributed by atoms with Crippen molar-refractivity contribution in [2.24, 2.45) is 7.05 Å². The predicted molar refractivity (Wildman–Crippen MR) is 40.9 cm³/mol. The molecule has 0 radical (unpaired) electrons. The Morgan fingerprint density at radius 2 is 2.14 bits per heavy atom. The van der Waals surface area contributed by atoms with Crippen LogP contribution in [-0.2, 0) is 11.8 Å². The Kier molecular flexibility index (Phi) is 6.43. The van der Waals surface area contributed by atoms with Gasteiger partial charge in [-0.05, 0) is 6.92 Å². The molecule has 6 nitrogen and oxygen atoms in total. The number of aromatic nitrogens is 2. The van der Waals surface area contributed by atoms with Gasteiger partial charge in [0.15, 0.2) is 0 Å². The first-order valence-electron chi connectivity index (χ1n) is 3.73. The van der Waals surface area contributed by atoms with Crippen molar-refractivity contribution in [1.29, 1.82) is 0 Å². The Hall–Kier alpha value is -0.660. The summed E-state index contributed by atoms with van der Waals surface area (Å²) >= 11 is 0. The molecule has 1 atom stereocenters. The van der Waals surface area contributed by atoms with E-state index in [1.54, 1.807) is 13.3 Å². The summed E-state index contributed by atoms with van der Waals surface area (Å²) in [6.07, 6.45) is 3.76. The number of aryl methyl sites for hydroxylation is 1. The largest absolute Gasteiger partial charge is 0.374 e. The third-order valence-electron chi connectivity index (χ3n) is 1.58. The fourth-order valence-electron chi connectivity index (χ4n) is 0.874. The van der Waals surface area contributed by atoms with Gasteiger partial charge in [-0.25, -0.2) is 4.98 Å². The number of imidazole rings is 1. The Bertz CT molecular complexity index is 251. The average Bonchev–Trinajstić information content (AvgIpc) is 2.49. The summed E-state index contributed by atoms with van der Waals surface area (Å²) < 4.78 is 31.0. The molecule has 14 heavy (non-hydrogen) atoms. The fraction of sp³-hybridized carbons (Fsp3) is 0.571. The third-order valence-corrected chi connectivity index (χ3v) is 1.58. The molecule has 0 spiro atoms. The normalized spacial score (nSPS) is 12.2. The molecule has 0 aromatic carbocycles. The van der Waals surface area contributed by atoms with E-state index in [1.807, 2.05) is 24.7 Å². The molecule has 0 saturated carbocycles. The molecule has 82 valence electrons. The van der Waals surface area contributed by atoms with Crippen molar-refractivity contribution < 1.29 is 29.5 Å². The van der Waals surface area contributed by atoms with Crippen molar-refractivity contribution in [2.75, 3.05) is 7.11 Å². The molecule has 0 amide bonds. The maximum absolute atomic E-state index is 8.52. The SMILES string of the molecule is COC(C)c1nccn1C.[O-][Cl+2]([O-])O. The Morgan fingerprint density at radius 3 is 2.43 bits per heavy atom. The van der Waals surface area contributed by atoms with Crippen LogP contribution in [0.4, 0.5) is 0 Å². The maximum Gasteiger partial charge on any atom is 0.282 e. The standard InChI is InChI=1S/C7H12N2O.ClHO3/c1-6(10-3)7-8-4-5-9(7)2;2-1(3)4/h4-6H,1-3H3;2H. The monoisotopic (exact) mass is 224 g/mol. The van der Waals surface area contributed by atoms with E-state index in [2.05, 4.69) is 4.98 Å². The first kappa shape index (κ1) is 13.3. The van der Waals surface area contributed by atoms with Crippen LogP contribution in [0.2, 0.25) is 0 Å². The first-order chi connectivity index (χ1) is 6.49. The molecule has 1 aromatic rings. The average molecular weight is 225 g/mol. The van der Waals surface area contributed by atoms with Gasteiger partial charge in [-0.3, -0.25) is 0 Å². The molecule has 1 N–H and O–H groups in total. The minimum Gasteiger partial charge on any atom is -0.374 e. The van der Waals surface area contributed by atoms with Crippen LogP contribution in [0.3, 0.4) is 0 Å². The molecular formula is C7H13ClN2O4. The van der Waals surface area contributed by atoms with Gasteiger partial charge in [0.25, 0.3) is 10.8 Å². The summed E-state index contributed by atoms with van der Waals surface area (Å²) in [5.74, 6) is 0.961. The zero-order chi connectivity index (χ0) is 11.1. The lowest BCUT2D eigenvalue weighted by Gasteiger charge is -2.07. The van der Waals surface area contributed by atoms with Crippen LogP contribution in [-0.4, -0.2) is 21.3 Å². The van der Waals surface area contributed by atoms with Crippen molar-refractivity contribution >= 4 is 0 Å². The van der Waals surface area contributed by atoms with Gasteiger partial charge in [0, 0.05) is 31.2 Å².